The van der Waals surface area contributed by atoms with E-state index in [1.54, 1.807) is 6.07 Å². The van der Waals surface area contributed by atoms with Gasteiger partial charge in [0.1, 0.15) is 6.04 Å². The standard InChI is InChI=1S/C15H11ClN2O/c16-10-5-3-7-12-14(10)17-15(19)13-8-9-4-1-2-6-11(9)18(12)13/h1-7,13H,8H2,(H,17,19). The molecule has 1 N–H and O–H groups in total. The molecule has 94 valence electrons. The molecular formula is C15H11ClN2O. The van der Waals surface area contributed by atoms with Gasteiger partial charge in [0.05, 0.1) is 16.4 Å². The molecule has 3 nitrogen and oxygen atoms in total. The highest BCUT2D eigenvalue weighted by Crippen LogP contribution is 2.46. The summed E-state index contributed by atoms with van der Waals surface area (Å²) in [5.74, 6) is 0.0109. The van der Waals surface area contributed by atoms with E-state index in [1.165, 1.54) is 5.56 Å². The first-order chi connectivity index (χ1) is 9.25. The van der Waals surface area contributed by atoms with Crippen molar-refractivity contribution in [1.29, 1.82) is 0 Å². The zero-order valence-electron chi connectivity index (χ0n) is 10.1. The molecule has 0 bridgehead atoms. The van der Waals surface area contributed by atoms with Crippen molar-refractivity contribution in [2.75, 3.05) is 10.2 Å². The van der Waals surface area contributed by atoms with Gasteiger partial charge in [-0.1, -0.05) is 35.9 Å². The highest BCUT2D eigenvalue weighted by atomic mass is 35.5. The van der Waals surface area contributed by atoms with Gasteiger partial charge in [-0.15, -0.1) is 0 Å². The van der Waals surface area contributed by atoms with Crippen molar-refractivity contribution in [3.63, 3.8) is 0 Å². The molecule has 2 aliphatic rings. The van der Waals surface area contributed by atoms with Crippen molar-refractivity contribution in [2.24, 2.45) is 0 Å². The van der Waals surface area contributed by atoms with E-state index in [0.717, 1.165) is 17.8 Å². The van der Waals surface area contributed by atoms with Crippen LogP contribution >= 0.6 is 11.6 Å². The molecule has 2 aromatic rings. The largest absolute Gasteiger partial charge is 0.327 e. The van der Waals surface area contributed by atoms with Crippen LogP contribution in [0.1, 0.15) is 5.56 Å². The Morgan fingerprint density at radius 2 is 1.89 bits per heavy atom. The van der Waals surface area contributed by atoms with Crippen molar-refractivity contribution in [3.8, 4) is 0 Å². The molecule has 1 unspecified atom stereocenters. The van der Waals surface area contributed by atoms with Crippen LogP contribution in [0, 0.1) is 0 Å². The maximum Gasteiger partial charge on any atom is 0.247 e. The number of hydrogen-bond donors (Lipinski definition) is 1. The first-order valence-electron chi connectivity index (χ1n) is 6.22. The highest BCUT2D eigenvalue weighted by Gasteiger charge is 2.40. The van der Waals surface area contributed by atoms with Gasteiger partial charge in [0, 0.05) is 12.1 Å². The predicted octanol–water partition coefficient (Wildman–Crippen LogP) is 3.35. The van der Waals surface area contributed by atoms with Gasteiger partial charge >= 0.3 is 0 Å². The predicted molar refractivity (Wildman–Crippen MR) is 76.2 cm³/mol. The molecule has 2 aliphatic heterocycles. The second kappa shape index (κ2) is 3.75. The lowest BCUT2D eigenvalue weighted by atomic mass is 10.1. The van der Waals surface area contributed by atoms with Crippen LogP contribution in [0.15, 0.2) is 42.5 Å². The van der Waals surface area contributed by atoms with Crippen LogP contribution in [0.25, 0.3) is 0 Å². The molecule has 0 aromatic heterocycles. The lowest BCUT2D eigenvalue weighted by Crippen LogP contribution is -2.43. The fraction of sp³-hybridized carbons (Fsp3) is 0.133. The summed E-state index contributed by atoms with van der Waals surface area (Å²) in [6.45, 7) is 0. The van der Waals surface area contributed by atoms with Crippen LogP contribution < -0.4 is 10.2 Å². The maximum absolute atomic E-state index is 12.2. The number of rotatable bonds is 0. The number of carbonyl (C=O) groups is 1. The van der Waals surface area contributed by atoms with Crippen LogP contribution in [0.4, 0.5) is 17.1 Å². The Labute approximate surface area is 115 Å². The smallest absolute Gasteiger partial charge is 0.247 e. The topological polar surface area (TPSA) is 32.3 Å². The summed E-state index contributed by atoms with van der Waals surface area (Å²) in [6.07, 6.45) is 0.744. The monoisotopic (exact) mass is 270 g/mol. The second-order valence-electron chi connectivity index (χ2n) is 4.84. The third-order valence-corrected chi connectivity index (χ3v) is 4.09. The lowest BCUT2D eigenvalue weighted by molar-refractivity contribution is -0.117. The average molecular weight is 271 g/mol. The Balaban J connectivity index is 1.97. The summed E-state index contributed by atoms with van der Waals surface area (Å²) in [5.41, 5.74) is 3.99. The number of nitrogens with one attached hydrogen (secondary N) is 1. The van der Waals surface area contributed by atoms with E-state index in [0.29, 0.717) is 10.7 Å². The number of carbonyl (C=O) groups excluding carboxylic acids is 1. The zero-order chi connectivity index (χ0) is 13.0. The molecule has 1 amide bonds. The Morgan fingerprint density at radius 3 is 2.79 bits per heavy atom. The van der Waals surface area contributed by atoms with Crippen LogP contribution in [0.2, 0.25) is 5.02 Å². The summed E-state index contributed by atoms with van der Waals surface area (Å²) < 4.78 is 0. The van der Waals surface area contributed by atoms with Crippen molar-refractivity contribution in [3.05, 3.63) is 53.1 Å². The molecular weight excluding hydrogens is 260 g/mol. The second-order valence-corrected chi connectivity index (χ2v) is 5.25. The number of benzene rings is 2. The van der Waals surface area contributed by atoms with Crippen molar-refractivity contribution in [1.82, 2.24) is 0 Å². The highest BCUT2D eigenvalue weighted by molar-refractivity contribution is 6.35. The van der Waals surface area contributed by atoms with Crippen molar-refractivity contribution >= 4 is 34.6 Å². The van der Waals surface area contributed by atoms with Gasteiger partial charge in [0.25, 0.3) is 0 Å². The number of nitrogens with zero attached hydrogens (tertiary/aromatic N) is 1. The number of fused-ring (bicyclic) bond motifs is 5. The van der Waals surface area contributed by atoms with Gasteiger partial charge in [-0.2, -0.15) is 0 Å². The first-order valence-corrected chi connectivity index (χ1v) is 6.60. The third kappa shape index (κ3) is 1.42. The van der Waals surface area contributed by atoms with Crippen molar-refractivity contribution < 1.29 is 4.79 Å². The van der Waals surface area contributed by atoms with Crippen LogP contribution in [-0.4, -0.2) is 11.9 Å². The summed E-state index contributed by atoms with van der Waals surface area (Å²) in [7, 11) is 0. The molecule has 19 heavy (non-hydrogen) atoms. The van der Waals surface area contributed by atoms with Crippen LogP contribution in [-0.2, 0) is 11.2 Å². The molecule has 0 spiro atoms. The van der Waals surface area contributed by atoms with E-state index in [-0.39, 0.29) is 11.9 Å². The van der Waals surface area contributed by atoms with Gasteiger partial charge < -0.3 is 10.2 Å². The molecule has 2 heterocycles. The molecule has 0 aliphatic carbocycles. The lowest BCUT2D eigenvalue weighted by Gasteiger charge is -2.33. The molecule has 4 rings (SSSR count). The Morgan fingerprint density at radius 1 is 1.11 bits per heavy atom. The Kier molecular flexibility index (Phi) is 2.15. The van der Waals surface area contributed by atoms with E-state index in [4.69, 9.17) is 11.6 Å². The number of hydrogen-bond acceptors (Lipinski definition) is 2. The van der Waals surface area contributed by atoms with E-state index >= 15 is 0 Å². The van der Waals surface area contributed by atoms with E-state index in [2.05, 4.69) is 22.3 Å². The van der Waals surface area contributed by atoms with Crippen LogP contribution in [0.5, 0.6) is 0 Å². The Bertz CT molecular complexity index is 698. The molecule has 1 atom stereocenters. The summed E-state index contributed by atoms with van der Waals surface area (Å²) in [5, 5.41) is 3.50. The molecule has 0 saturated carbocycles. The van der Waals surface area contributed by atoms with Crippen LogP contribution in [0.3, 0.4) is 0 Å². The van der Waals surface area contributed by atoms with Gasteiger partial charge in [0.15, 0.2) is 0 Å². The average Bonchev–Trinajstić information content (AvgIpc) is 2.81. The van der Waals surface area contributed by atoms with Gasteiger partial charge in [-0.05, 0) is 23.8 Å². The summed E-state index contributed by atoms with van der Waals surface area (Å²) in [6, 6.07) is 13.7. The fourth-order valence-electron chi connectivity index (χ4n) is 2.94. The first kappa shape index (κ1) is 10.9. The maximum atomic E-state index is 12.2. The fourth-order valence-corrected chi connectivity index (χ4v) is 3.15. The van der Waals surface area contributed by atoms with E-state index in [1.807, 2.05) is 24.3 Å². The van der Waals surface area contributed by atoms with Gasteiger partial charge in [0.2, 0.25) is 5.91 Å². The molecule has 4 heteroatoms. The molecule has 2 aromatic carbocycles. The number of para-hydroxylation sites is 2. The number of amides is 1. The van der Waals surface area contributed by atoms with Gasteiger partial charge in [-0.25, -0.2) is 0 Å². The third-order valence-electron chi connectivity index (χ3n) is 3.78. The minimum Gasteiger partial charge on any atom is -0.327 e. The molecule has 0 saturated heterocycles. The molecule has 0 fully saturated rings. The summed E-state index contributed by atoms with van der Waals surface area (Å²) in [4.78, 5) is 14.3. The minimum atomic E-state index is -0.164. The van der Waals surface area contributed by atoms with Gasteiger partial charge in [-0.3, -0.25) is 4.79 Å². The quantitative estimate of drug-likeness (QED) is 0.796. The molecule has 0 radical (unpaired) electrons. The number of anilines is 3. The Hall–Kier alpha value is -2.00. The van der Waals surface area contributed by atoms with Crippen molar-refractivity contribution in [2.45, 2.75) is 12.5 Å². The SMILES string of the molecule is O=C1Nc2c(Cl)cccc2N2c3ccccc3CC12. The van der Waals surface area contributed by atoms with E-state index in [9.17, 15) is 4.79 Å². The normalized spacial score (nSPS) is 19.5. The van der Waals surface area contributed by atoms with E-state index < -0.39 is 0 Å². The zero-order valence-corrected chi connectivity index (χ0v) is 10.8. The number of halogens is 1. The summed E-state index contributed by atoms with van der Waals surface area (Å²) >= 11 is 6.18. The minimum absolute atomic E-state index is 0.0109.